The van der Waals surface area contributed by atoms with E-state index in [9.17, 15) is 14.3 Å². The molecule has 1 heterocycles. The van der Waals surface area contributed by atoms with Crippen molar-refractivity contribution in [3.05, 3.63) is 71.8 Å². The summed E-state index contributed by atoms with van der Waals surface area (Å²) in [5, 5.41) is 12.5. The van der Waals surface area contributed by atoms with Gasteiger partial charge in [-0.05, 0) is 48.6 Å². The van der Waals surface area contributed by atoms with Gasteiger partial charge in [-0.25, -0.2) is 19.2 Å². The van der Waals surface area contributed by atoms with Gasteiger partial charge in [-0.1, -0.05) is 18.2 Å². The first-order valence-electron chi connectivity index (χ1n) is 8.33. The average molecular weight is 349 g/mol. The van der Waals surface area contributed by atoms with Crippen LogP contribution in [0.3, 0.4) is 0 Å². The van der Waals surface area contributed by atoms with Crippen LogP contribution in [0.2, 0.25) is 0 Å². The summed E-state index contributed by atoms with van der Waals surface area (Å²) in [7, 11) is 0. The fraction of sp³-hybridized carbons (Fsp3) is 0.150. The standard InChI is InChI=1S/C20H16FN3O2/c21-17-4-2-1-3-15(17)19-22-10-14(11-23-19)24-18-8-7-13(12-5-6-12)9-16(18)20(25)26/h1-4,7-12,24H,5-6H2,(H,25,26). The highest BCUT2D eigenvalue weighted by Gasteiger charge is 2.25. The van der Waals surface area contributed by atoms with E-state index in [2.05, 4.69) is 15.3 Å². The summed E-state index contributed by atoms with van der Waals surface area (Å²) in [6.45, 7) is 0. The molecular formula is C20H16FN3O2. The highest BCUT2D eigenvalue weighted by molar-refractivity contribution is 5.95. The predicted octanol–water partition coefficient (Wildman–Crippen LogP) is 4.60. The summed E-state index contributed by atoms with van der Waals surface area (Å²) in [6, 6.07) is 11.7. The third kappa shape index (κ3) is 3.26. The van der Waals surface area contributed by atoms with Gasteiger partial charge in [0.25, 0.3) is 0 Å². The molecule has 130 valence electrons. The Morgan fingerprint density at radius 2 is 1.85 bits per heavy atom. The predicted molar refractivity (Wildman–Crippen MR) is 96.1 cm³/mol. The second kappa shape index (κ2) is 6.55. The molecule has 0 aliphatic heterocycles. The largest absolute Gasteiger partial charge is 0.478 e. The van der Waals surface area contributed by atoms with Gasteiger partial charge >= 0.3 is 5.97 Å². The summed E-state index contributed by atoms with van der Waals surface area (Å²) in [6.07, 6.45) is 5.23. The van der Waals surface area contributed by atoms with Crippen molar-refractivity contribution in [2.45, 2.75) is 18.8 Å². The molecule has 0 amide bonds. The van der Waals surface area contributed by atoms with Gasteiger partial charge in [0.15, 0.2) is 5.82 Å². The Morgan fingerprint density at radius 3 is 2.50 bits per heavy atom. The molecule has 26 heavy (non-hydrogen) atoms. The quantitative estimate of drug-likeness (QED) is 0.704. The lowest BCUT2D eigenvalue weighted by molar-refractivity contribution is 0.0698. The maximum Gasteiger partial charge on any atom is 0.337 e. The van der Waals surface area contributed by atoms with Crippen molar-refractivity contribution in [2.24, 2.45) is 0 Å². The molecule has 5 nitrogen and oxygen atoms in total. The van der Waals surface area contributed by atoms with E-state index < -0.39 is 11.8 Å². The molecule has 0 unspecified atom stereocenters. The summed E-state index contributed by atoms with van der Waals surface area (Å²) in [4.78, 5) is 19.9. The molecule has 0 saturated heterocycles. The Hall–Kier alpha value is -3.28. The van der Waals surface area contributed by atoms with Gasteiger partial charge in [-0.3, -0.25) is 0 Å². The molecule has 0 atom stereocenters. The molecule has 2 aromatic carbocycles. The maximum atomic E-state index is 13.8. The molecule has 3 aromatic rings. The SMILES string of the molecule is O=C(O)c1cc(C2CC2)ccc1Nc1cnc(-c2ccccc2F)nc1. The zero-order valence-electron chi connectivity index (χ0n) is 13.8. The van der Waals surface area contributed by atoms with Crippen molar-refractivity contribution in [3.8, 4) is 11.4 Å². The number of rotatable bonds is 5. The number of nitrogens with zero attached hydrogens (tertiary/aromatic N) is 2. The van der Waals surface area contributed by atoms with E-state index in [4.69, 9.17) is 0 Å². The van der Waals surface area contributed by atoms with Crippen LogP contribution in [-0.4, -0.2) is 21.0 Å². The van der Waals surface area contributed by atoms with Crippen LogP contribution in [-0.2, 0) is 0 Å². The van der Waals surface area contributed by atoms with Gasteiger partial charge in [0.1, 0.15) is 5.82 Å². The molecule has 0 radical (unpaired) electrons. The van der Waals surface area contributed by atoms with Crippen LogP contribution in [0.5, 0.6) is 0 Å². The molecule has 2 N–H and O–H groups in total. The summed E-state index contributed by atoms with van der Waals surface area (Å²) in [5.41, 5.74) is 2.60. The Balaban J connectivity index is 1.59. The molecule has 0 bridgehead atoms. The third-order valence-electron chi connectivity index (χ3n) is 4.37. The Bertz CT molecular complexity index is 969. The van der Waals surface area contributed by atoms with Crippen LogP contribution in [0.1, 0.15) is 34.7 Å². The summed E-state index contributed by atoms with van der Waals surface area (Å²) < 4.78 is 13.8. The molecule has 6 heteroatoms. The van der Waals surface area contributed by atoms with E-state index in [1.54, 1.807) is 30.3 Å². The number of aromatic nitrogens is 2. The fourth-order valence-electron chi connectivity index (χ4n) is 2.85. The van der Waals surface area contributed by atoms with E-state index in [-0.39, 0.29) is 11.4 Å². The minimum atomic E-state index is -0.987. The molecule has 1 fully saturated rings. The van der Waals surface area contributed by atoms with Crippen molar-refractivity contribution in [2.75, 3.05) is 5.32 Å². The highest BCUT2D eigenvalue weighted by Crippen LogP contribution is 2.41. The van der Waals surface area contributed by atoms with Crippen LogP contribution >= 0.6 is 0 Å². The van der Waals surface area contributed by atoms with Gasteiger partial charge in [0.2, 0.25) is 0 Å². The van der Waals surface area contributed by atoms with Crippen LogP contribution in [0.15, 0.2) is 54.9 Å². The molecule has 1 saturated carbocycles. The Morgan fingerprint density at radius 1 is 1.12 bits per heavy atom. The number of benzene rings is 2. The first-order chi connectivity index (χ1) is 12.6. The first kappa shape index (κ1) is 16.2. The van der Waals surface area contributed by atoms with E-state index in [0.717, 1.165) is 18.4 Å². The van der Waals surface area contributed by atoms with Crippen LogP contribution in [0.25, 0.3) is 11.4 Å². The number of nitrogens with one attached hydrogen (secondary N) is 1. The number of carboxylic acids is 1. The number of carboxylic acid groups (broad SMARTS) is 1. The normalized spacial score (nSPS) is 13.4. The second-order valence-electron chi connectivity index (χ2n) is 6.28. The zero-order valence-corrected chi connectivity index (χ0v) is 13.8. The van der Waals surface area contributed by atoms with Crippen molar-refractivity contribution < 1.29 is 14.3 Å². The fourth-order valence-corrected chi connectivity index (χ4v) is 2.85. The average Bonchev–Trinajstić information content (AvgIpc) is 3.48. The second-order valence-corrected chi connectivity index (χ2v) is 6.28. The number of aromatic carboxylic acids is 1. The van der Waals surface area contributed by atoms with E-state index >= 15 is 0 Å². The minimum Gasteiger partial charge on any atom is -0.478 e. The van der Waals surface area contributed by atoms with Crippen LogP contribution in [0.4, 0.5) is 15.8 Å². The van der Waals surface area contributed by atoms with Gasteiger partial charge in [0.05, 0.1) is 34.9 Å². The third-order valence-corrected chi connectivity index (χ3v) is 4.37. The number of hydrogen-bond donors (Lipinski definition) is 2. The lowest BCUT2D eigenvalue weighted by Gasteiger charge is -2.11. The van der Waals surface area contributed by atoms with E-state index in [1.807, 2.05) is 6.07 Å². The van der Waals surface area contributed by atoms with Gasteiger partial charge < -0.3 is 10.4 Å². The molecule has 4 rings (SSSR count). The summed E-state index contributed by atoms with van der Waals surface area (Å²) >= 11 is 0. The van der Waals surface area contributed by atoms with E-state index in [0.29, 0.717) is 22.9 Å². The van der Waals surface area contributed by atoms with Gasteiger partial charge in [-0.2, -0.15) is 0 Å². The van der Waals surface area contributed by atoms with Crippen molar-refractivity contribution in [1.29, 1.82) is 0 Å². The number of halogens is 1. The Kier molecular flexibility index (Phi) is 4.08. The molecule has 1 aliphatic rings. The molecular weight excluding hydrogens is 333 g/mol. The lowest BCUT2D eigenvalue weighted by atomic mass is 10.0. The molecule has 0 spiro atoms. The maximum absolute atomic E-state index is 13.8. The van der Waals surface area contributed by atoms with Crippen molar-refractivity contribution in [3.63, 3.8) is 0 Å². The summed E-state index contributed by atoms with van der Waals surface area (Å²) in [5.74, 6) is -0.627. The monoisotopic (exact) mass is 349 g/mol. The van der Waals surface area contributed by atoms with E-state index in [1.165, 1.54) is 18.5 Å². The van der Waals surface area contributed by atoms with Crippen molar-refractivity contribution >= 4 is 17.3 Å². The van der Waals surface area contributed by atoms with Crippen LogP contribution in [0, 0.1) is 5.82 Å². The number of anilines is 2. The van der Waals surface area contributed by atoms with Crippen molar-refractivity contribution in [1.82, 2.24) is 9.97 Å². The van der Waals surface area contributed by atoms with Gasteiger partial charge in [-0.15, -0.1) is 0 Å². The molecule has 1 aliphatic carbocycles. The van der Waals surface area contributed by atoms with Crippen LogP contribution < -0.4 is 5.32 Å². The topological polar surface area (TPSA) is 75.1 Å². The molecule has 1 aromatic heterocycles. The smallest absolute Gasteiger partial charge is 0.337 e. The lowest BCUT2D eigenvalue weighted by Crippen LogP contribution is -2.04. The number of carbonyl (C=O) groups is 1. The zero-order chi connectivity index (χ0) is 18.1. The van der Waals surface area contributed by atoms with Gasteiger partial charge in [0, 0.05) is 0 Å². The number of hydrogen-bond acceptors (Lipinski definition) is 4. The minimum absolute atomic E-state index is 0.215. The highest BCUT2D eigenvalue weighted by atomic mass is 19.1. The Labute approximate surface area is 149 Å². The first-order valence-corrected chi connectivity index (χ1v) is 8.33.